The fourth-order valence-electron chi connectivity index (χ4n) is 2.84. The van der Waals surface area contributed by atoms with Gasteiger partial charge in [-0.25, -0.2) is 0 Å². The van der Waals surface area contributed by atoms with Crippen molar-refractivity contribution < 1.29 is 4.52 Å². The van der Waals surface area contributed by atoms with Gasteiger partial charge in [0.1, 0.15) is 0 Å². The van der Waals surface area contributed by atoms with Gasteiger partial charge in [-0.05, 0) is 24.9 Å². The third-order valence-corrected chi connectivity index (χ3v) is 3.82. The molecule has 1 aliphatic heterocycles. The van der Waals surface area contributed by atoms with Gasteiger partial charge in [-0.3, -0.25) is 4.90 Å². The SMILES string of the molecule is Cc1nc(C2(N)CCCN(Cc3ccccc3)C2)no1. The standard InChI is InChI=1S/C15H20N4O/c1-12-17-14(18-20-12)15(16)8-5-9-19(11-15)10-13-6-3-2-4-7-13/h2-4,6-7H,5,8-11,16H2,1H3. The summed E-state index contributed by atoms with van der Waals surface area (Å²) in [4.78, 5) is 6.68. The van der Waals surface area contributed by atoms with Crippen molar-refractivity contribution in [2.24, 2.45) is 5.73 Å². The van der Waals surface area contributed by atoms with Crippen LogP contribution in [-0.2, 0) is 12.1 Å². The van der Waals surface area contributed by atoms with E-state index in [1.165, 1.54) is 5.56 Å². The number of hydrogen-bond acceptors (Lipinski definition) is 5. The average molecular weight is 272 g/mol. The third kappa shape index (κ3) is 2.73. The van der Waals surface area contributed by atoms with Crippen LogP contribution in [0.2, 0.25) is 0 Å². The lowest BCUT2D eigenvalue weighted by Gasteiger charge is -2.38. The Labute approximate surface area is 118 Å². The van der Waals surface area contributed by atoms with E-state index in [-0.39, 0.29) is 0 Å². The highest BCUT2D eigenvalue weighted by atomic mass is 16.5. The van der Waals surface area contributed by atoms with Gasteiger partial charge < -0.3 is 10.3 Å². The molecule has 1 aromatic carbocycles. The van der Waals surface area contributed by atoms with Crippen molar-refractivity contribution in [2.75, 3.05) is 13.1 Å². The first kappa shape index (κ1) is 13.3. The topological polar surface area (TPSA) is 68.2 Å². The van der Waals surface area contributed by atoms with Crippen LogP contribution >= 0.6 is 0 Å². The summed E-state index contributed by atoms with van der Waals surface area (Å²) in [6.07, 6.45) is 1.95. The number of aryl methyl sites for hydroxylation is 1. The maximum atomic E-state index is 6.51. The first-order chi connectivity index (χ1) is 9.66. The minimum absolute atomic E-state index is 0.495. The first-order valence-corrected chi connectivity index (χ1v) is 7.02. The summed E-state index contributed by atoms with van der Waals surface area (Å²) < 4.78 is 5.08. The lowest BCUT2D eigenvalue weighted by Crippen LogP contribution is -2.52. The van der Waals surface area contributed by atoms with Crippen molar-refractivity contribution in [3.63, 3.8) is 0 Å². The van der Waals surface area contributed by atoms with Crippen LogP contribution in [0.25, 0.3) is 0 Å². The van der Waals surface area contributed by atoms with Gasteiger partial charge in [-0.1, -0.05) is 35.5 Å². The van der Waals surface area contributed by atoms with Gasteiger partial charge in [0.05, 0.1) is 5.54 Å². The van der Waals surface area contributed by atoms with Crippen LogP contribution in [0.1, 0.15) is 30.1 Å². The minimum Gasteiger partial charge on any atom is -0.340 e. The van der Waals surface area contributed by atoms with Crippen molar-refractivity contribution in [3.8, 4) is 0 Å². The fraction of sp³-hybridized carbons (Fsp3) is 0.467. The molecule has 2 heterocycles. The molecular weight excluding hydrogens is 252 g/mol. The van der Waals surface area contributed by atoms with Gasteiger partial charge in [-0.15, -0.1) is 0 Å². The largest absolute Gasteiger partial charge is 0.340 e. The highest BCUT2D eigenvalue weighted by molar-refractivity contribution is 5.15. The molecule has 1 aromatic heterocycles. The molecule has 5 nitrogen and oxygen atoms in total. The molecule has 106 valence electrons. The van der Waals surface area contributed by atoms with Crippen LogP contribution < -0.4 is 5.73 Å². The van der Waals surface area contributed by atoms with Crippen molar-refractivity contribution >= 4 is 0 Å². The Kier molecular flexibility index (Phi) is 3.54. The van der Waals surface area contributed by atoms with Crippen LogP contribution in [0, 0.1) is 6.92 Å². The molecule has 1 atom stereocenters. The Morgan fingerprint density at radius 3 is 2.85 bits per heavy atom. The van der Waals surface area contributed by atoms with E-state index in [0.29, 0.717) is 11.7 Å². The van der Waals surface area contributed by atoms with Gasteiger partial charge in [0.2, 0.25) is 5.89 Å². The summed E-state index contributed by atoms with van der Waals surface area (Å²) in [6, 6.07) is 10.5. The molecule has 1 aliphatic rings. The summed E-state index contributed by atoms with van der Waals surface area (Å²) >= 11 is 0. The highest BCUT2D eigenvalue weighted by Gasteiger charge is 2.37. The molecule has 3 rings (SSSR count). The zero-order valence-corrected chi connectivity index (χ0v) is 11.7. The van der Waals surface area contributed by atoms with E-state index < -0.39 is 5.54 Å². The minimum atomic E-state index is -0.495. The molecule has 5 heteroatoms. The number of aromatic nitrogens is 2. The molecule has 2 N–H and O–H groups in total. The van der Waals surface area contributed by atoms with Gasteiger partial charge in [0, 0.05) is 20.0 Å². The second-order valence-corrected chi connectivity index (χ2v) is 5.59. The molecule has 0 radical (unpaired) electrons. The van der Waals surface area contributed by atoms with Crippen molar-refractivity contribution in [1.29, 1.82) is 0 Å². The van der Waals surface area contributed by atoms with Gasteiger partial charge in [0.15, 0.2) is 5.82 Å². The van der Waals surface area contributed by atoms with E-state index in [4.69, 9.17) is 10.3 Å². The number of hydrogen-bond donors (Lipinski definition) is 1. The molecule has 1 fully saturated rings. The van der Waals surface area contributed by atoms with E-state index in [9.17, 15) is 0 Å². The van der Waals surface area contributed by atoms with Crippen LogP contribution in [0.15, 0.2) is 34.9 Å². The third-order valence-electron chi connectivity index (χ3n) is 3.82. The molecule has 0 amide bonds. The van der Waals surface area contributed by atoms with Crippen LogP contribution in [-0.4, -0.2) is 28.1 Å². The number of benzene rings is 1. The molecule has 0 saturated carbocycles. The Bertz CT molecular complexity index is 568. The predicted molar refractivity (Wildman–Crippen MR) is 75.9 cm³/mol. The smallest absolute Gasteiger partial charge is 0.223 e. The van der Waals surface area contributed by atoms with Crippen molar-refractivity contribution in [3.05, 3.63) is 47.6 Å². The average Bonchev–Trinajstić information content (AvgIpc) is 2.88. The maximum Gasteiger partial charge on any atom is 0.223 e. The summed E-state index contributed by atoms with van der Waals surface area (Å²) in [5.74, 6) is 1.21. The zero-order chi connectivity index (χ0) is 14.0. The van der Waals surface area contributed by atoms with E-state index in [0.717, 1.165) is 32.5 Å². The Morgan fingerprint density at radius 1 is 1.35 bits per heavy atom. The quantitative estimate of drug-likeness (QED) is 0.923. The summed E-state index contributed by atoms with van der Waals surface area (Å²) in [6.45, 7) is 4.53. The number of rotatable bonds is 3. The fourth-order valence-corrected chi connectivity index (χ4v) is 2.84. The number of nitrogens with two attached hydrogens (primary N) is 1. The van der Waals surface area contributed by atoms with Gasteiger partial charge >= 0.3 is 0 Å². The molecular formula is C15H20N4O. The lowest BCUT2D eigenvalue weighted by atomic mass is 9.89. The summed E-state index contributed by atoms with van der Waals surface area (Å²) in [5, 5.41) is 4.01. The van der Waals surface area contributed by atoms with E-state index >= 15 is 0 Å². The maximum absolute atomic E-state index is 6.51. The zero-order valence-electron chi connectivity index (χ0n) is 11.7. The normalized spacial score (nSPS) is 23.9. The number of piperidine rings is 1. The van der Waals surface area contributed by atoms with Gasteiger partial charge in [-0.2, -0.15) is 4.98 Å². The first-order valence-electron chi connectivity index (χ1n) is 7.02. The molecule has 1 unspecified atom stereocenters. The number of nitrogens with zero attached hydrogens (tertiary/aromatic N) is 3. The van der Waals surface area contributed by atoms with Crippen LogP contribution in [0.4, 0.5) is 0 Å². The van der Waals surface area contributed by atoms with Crippen molar-refractivity contribution in [1.82, 2.24) is 15.0 Å². The lowest BCUT2D eigenvalue weighted by molar-refractivity contribution is 0.134. The van der Waals surface area contributed by atoms with E-state index in [1.807, 2.05) is 6.07 Å². The molecule has 20 heavy (non-hydrogen) atoms. The van der Waals surface area contributed by atoms with Gasteiger partial charge in [0.25, 0.3) is 0 Å². The van der Waals surface area contributed by atoms with Crippen molar-refractivity contribution in [2.45, 2.75) is 31.8 Å². The Morgan fingerprint density at radius 2 is 2.15 bits per heavy atom. The van der Waals surface area contributed by atoms with Crippen LogP contribution in [0.5, 0.6) is 0 Å². The van der Waals surface area contributed by atoms with Crippen LogP contribution in [0.3, 0.4) is 0 Å². The molecule has 0 aliphatic carbocycles. The second kappa shape index (κ2) is 5.34. The monoisotopic (exact) mass is 272 g/mol. The second-order valence-electron chi connectivity index (χ2n) is 5.59. The Hall–Kier alpha value is -1.72. The molecule has 0 bridgehead atoms. The molecule has 1 saturated heterocycles. The number of likely N-dealkylation sites (tertiary alicyclic amines) is 1. The summed E-state index contributed by atoms with van der Waals surface area (Å²) in [7, 11) is 0. The highest BCUT2D eigenvalue weighted by Crippen LogP contribution is 2.28. The van der Waals surface area contributed by atoms with E-state index in [1.54, 1.807) is 6.92 Å². The predicted octanol–water partition coefficient (Wildman–Crippen LogP) is 1.83. The Balaban J connectivity index is 1.73. The summed E-state index contributed by atoms with van der Waals surface area (Å²) in [5.41, 5.74) is 7.32. The molecule has 2 aromatic rings. The molecule has 0 spiro atoms. The van der Waals surface area contributed by atoms with E-state index in [2.05, 4.69) is 39.3 Å².